The first-order chi connectivity index (χ1) is 20.9. The topological polar surface area (TPSA) is 190 Å². The number of nitrogen functional groups attached to an aromatic ring is 1. The molecule has 2 atom stereocenters. The van der Waals surface area contributed by atoms with Crippen molar-refractivity contribution in [1.29, 1.82) is 5.41 Å². The average Bonchev–Trinajstić information content (AvgIpc) is 2.91. The average molecular weight is 624 g/mol. The quantitative estimate of drug-likeness (QED) is 0.0917. The second-order valence-electron chi connectivity index (χ2n) is 12.6. The Hall–Kier alpha value is -4.74. The van der Waals surface area contributed by atoms with Gasteiger partial charge in [0.2, 0.25) is 17.7 Å². The summed E-state index contributed by atoms with van der Waals surface area (Å²) in [6, 6.07) is 13.4. The SMILES string of the molecule is CC(C)(C)OC(=O)C[C@H](NC(=O)CC(=O)NCCc1ccc(C(=N)N)cc1)C(=O)N[C@@H](Cc1ccccc1)C(=O)OC(C)(C)C. The summed E-state index contributed by atoms with van der Waals surface area (Å²) >= 11 is 0. The normalized spacial score (nSPS) is 12.7. The molecule has 0 aliphatic heterocycles. The number of hydrogen-bond donors (Lipinski definition) is 5. The van der Waals surface area contributed by atoms with Gasteiger partial charge in [0.05, 0.1) is 6.42 Å². The van der Waals surface area contributed by atoms with Crippen LogP contribution in [0.2, 0.25) is 0 Å². The highest BCUT2D eigenvalue weighted by molar-refractivity contribution is 6.00. The zero-order chi connectivity index (χ0) is 33.8. The van der Waals surface area contributed by atoms with Gasteiger partial charge in [-0.2, -0.15) is 0 Å². The third kappa shape index (κ3) is 14.5. The van der Waals surface area contributed by atoms with E-state index in [2.05, 4.69) is 16.0 Å². The van der Waals surface area contributed by atoms with E-state index < -0.39 is 65.8 Å². The molecule has 3 amide bonds. The van der Waals surface area contributed by atoms with Crippen molar-refractivity contribution in [2.24, 2.45) is 5.73 Å². The summed E-state index contributed by atoms with van der Waals surface area (Å²) in [6.45, 7) is 10.3. The number of rotatable bonds is 14. The van der Waals surface area contributed by atoms with E-state index in [0.29, 0.717) is 12.0 Å². The highest BCUT2D eigenvalue weighted by atomic mass is 16.6. The highest BCUT2D eigenvalue weighted by Crippen LogP contribution is 2.13. The number of nitrogens with one attached hydrogen (secondary N) is 4. The lowest BCUT2D eigenvalue weighted by molar-refractivity contribution is -0.159. The number of amidine groups is 1. The van der Waals surface area contributed by atoms with Crippen molar-refractivity contribution < 1.29 is 33.4 Å². The van der Waals surface area contributed by atoms with Crippen molar-refractivity contribution >= 4 is 35.5 Å². The van der Waals surface area contributed by atoms with Crippen molar-refractivity contribution in [3.63, 3.8) is 0 Å². The number of ether oxygens (including phenoxy) is 2. The predicted octanol–water partition coefficient (Wildman–Crippen LogP) is 2.31. The van der Waals surface area contributed by atoms with E-state index in [-0.39, 0.29) is 18.8 Å². The van der Waals surface area contributed by atoms with Gasteiger partial charge in [0, 0.05) is 18.5 Å². The second-order valence-corrected chi connectivity index (χ2v) is 12.6. The van der Waals surface area contributed by atoms with Gasteiger partial charge < -0.3 is 31.2 Å². The molecule has 0 aliphatic carbocycles. The van der Waals surface area contributed by atoms with Crippen LogP contribution >= 0.6 is 0 Å². The number of esters is 2. The van der Waals surface area contributed by atoms with Crippen molar-refractivity contribution in [3.05, 3.63) is 71.3 Å². The van der Waals surface area contributed by atoms with E-state index in [4.69, 9.17) is 20.6 Å². The Morgan fingerprint density at radius 2 is 1.38 bits per heavy atom. The van der Waals surface area contributed by atoms with Gasteiger partial charge in [-0.25, -0.2) is 4.79 Å². The van der Waals surface area contributed by atoms with Crippen LogP contribution in [-0.4, -0.2) is 65.3 Å². The number of benzene rings is 2. The first kappa shape index (κ1) is 36.5. The van der Waals surface area contributed by atoms with Crippen LogP contribution < -0.4 is 21.7 Å². The number of carbonyl (C=O) groups is 5. The van der Waals surface area contributed by atoms with E-state index >= 15 is 0 Å². The number of hydrogen-bond acceptors (Lipinski definition) is 8. The molecule has 0 saturated heterocycles. The van der Waals surface area contributed by atoms with Crippen molar-refractivity contribution in [2.45, 2.75) is 90.5 Å². The smallest absolute Gasteiger partial charge is 0.329 e. The fraction of sp³-hybridized carbons (Fsp3) is 0.455. The molecule has 0 spiro atoms. The maximum absolute atomic E-state index is 13.5. The van der Waals surface area contributed by atoms with Gasteiger partial charge in [0.1, 0.15) is 35.5 Å². The Balaban J connectivity index is 2.10. The van der Waals surface area contributed by atoms with Crippen LogP contribution in [0.5, 0.6) is 0 Å². The van der Waals surface area contributed by atoms with E-state index in [1.807, 2.05) is 6.07 Å². The van der Waals surface area contributed by atoms with Gasteiger partial charge in [0.25, 0.3) is 0 Å². The molecule has 0 heterocycles. The summed E-state index contributed by atoms with van der Waals surface area (Å²) < 4.78 is 10.9. The third-order valence-electron chi connectivity index (χ3n) is 6.05. The van der Waals surface area contributed by atoms with E-state index in [9.17, 15) is 24.0 Å². The molecule has 244 valence electrons. The van der Waals surface area contributed by atoms with E-state index in [1.165, 1.54) is 0 Å². The largest absolute Gasteiger partial charge is 0.460 e. The van der Waals surface area contributed by atoms with Crippen LogP contribution in [-0.2, 0) is 46.3 Å². The van der Waals surface area contributed by atoms with Gasteiger partial charge in [0.15, 0.2) is 0 Å². The van der Waals surface area contributed by atoms with Crippen molar-refractivity contribution in [2.75, 3.05) is 6.54 Å². The molecule has 2 aromatic carbocycles. The van der Waals surface area contributed by atoms with Crippen LogP contribution in [0.3, 0.4) is 0 Å². The molecular formula is C33H45N5O7. The fourth-order valence-corrected chi connectivity index (χ4v) is 4.10. The predicted molar refractivity (Wildman–Crippen MR) is 169 cm³/mol. The fourth-order valence-electron chi connectivity index (χ4n) is 4.10. The van der Waals surface area contributed by atoms with Gasteiger partial charge >= 0.3 is 11.9 Å². The van der Waals surface area contributed by atoms with Gasteiger partial charge in [-0.05, 0) is 59.1 Å². The standard InChI is InChI=1S/C33H45N5O7/c1-32(2,3)44-28(41)19-24(30(42)38-25(31(43)45-33(4,5)6)18-22-10-8-7-9-11-22)37-27(40)20-26(39)36-17-16-21-12-14-23(15-13-21)29(34)35/h7-15,24-25H,16-20H2,1-6H3,(H3,34,35)(H,36,39)(H,37,40)(H,38,42)/t24-,25-/m0/s1. The second kappa shape index (κ2) is 16.4. The molecule has 0 unspecified atom stereocenters. The summed E-state index contributed by atoms with van der Waals surface area (Å²) in [7, 11) is 0. The molecule has 6 N–H and O–H groups in total. The Morgan fingerprint density at radius 1 is 0.778 bits per heavy atom. The van der Waals surface area contributed by atoms with E-state index in [0.717, 1.165) is 11.1 Å². The lowest BCUT2D eigenvalue weighted by Gasteiger charge is -2.27. The maximum atomic E-state index is 13.5. The monoisotopic (exact) mass is 623 g/mol. The summed E-state index contributed by atoms with van der Waals surface area (Å²) in [5.41, 5.74) is 6.03. The Labute approximate surface area is 264 Å². The van der Waals surface area contributed by atoms with Crippen LogP contribution in [0.1, 0.15) is 71.1 Å². The Bertz CT molecular complexity index is 1350. The molecule has 45 heavy (non-hydrogen) atoms. The molecule has 0 radical (unpaired) electrons. The zero-order valence-electron chi connectivity index (χ0n) is 26.8. The Morgan fingerprint density at radius 3 is 1.93 bits per heavy atom. The number of nitrogens with two attached hydrogens (primary N) is 1. The number of carbonyl (C=O) groups excluding carboxylic acids is 5. The minimum atomic E-state index is -1.43. The summed E-state index contributed by atoms with van der Waals surface area (Å²) in [6.07, 6.45) is -0.544. The Kier molecular flexibility index (Phi) is 13.3. The van der Waals surface area contributed by atoms with Crippen LogP contribution in [0.15, 0.2) is 54.6 Å². The maximum Gasteiger partial charge on any atom is 0.329 e. The summed E-state index contributed by atoms with van der Waals surface area (Å²) in [5, 5.41) is 15.2. The van der Waals surface area contributed by atoms with Crippen molar-refractivity contribution in [1.82, 2.24) is 16.0 Å². The molecule has 0 fully saturated rings. The highest BCUT2D eigenvalue weighted by Gasteiger charge is 2.32. The van der Waals surface area contributed by atoms with E-state index in [1.54, 1.807) is 90.1 Å². The van der Waals surface area contributed by atoms with Crippen LogP contribution in [0.4, 0.5) is 0 Å². The van der Waals surface area contributed by atoms with Gasteiger partial charge in [-0.1, -0.05) is 54.6 Å². The minimum Gasteiger partial charge on any atom is -0.460 e. The molecule has 0 saturated carbocycles. The molecule has 12 nitrogen and oxygen atoms in total. The molecule has 2 rings (SSSR count). The summed E-state index contributed by atoms with van der Waals surface area (Å²) in [4.78, 5) is 64.5. The molecule has 0 bridgehead atoms. The third-order valence-corrected chi connectivity index (χ3v) is 6.05. The van der Waals surface area contributed by atoms with Crippen molar-refractivity contribution in [3.8, 4) is 0 Å². The molecule has 0 aliphatic rings. The van der Waals surface area contributed by atoms with Crippen LogP contribution in [0, 0.1) is 5.41 Å². The molecule has 0 aromatic heterocycles. The lowest BCUT2D eigenvalue weighted by Crippen LogP contribution is -2.54. The molecular weight excluding hydrogens is 578 g/mol. The zero-order valence-corrected chi connectivity index (χ0v) is 26.8. The number of amides is 3. The van der Waals surface area contributed by atoms with Crippen LogP contribution in [0.25, 0.3) is 0 Å². The molecule has 2 aromatic rings. The first-order valence-electron chi connectivity index (χ1n) is 14.7. The molecule has 12 heteroatoms. The first-order valence-corrected chi connectivity index (χ1v) is 14.7. The van der Waals surface area contributed by atoms with Gasteiger partial charge in [-0.15, -0.1) is 0 Å². The minimum absolute atomic E-state index is 0.0453. The summed E-state index contributed by atoms with van der Waals surface area (Å²) in [5.74, 6) is -3.66. The van der Waals surface area contributed by atoms with Gasteiger partial charge in [-0.3, -0.25) is 24.6 Å². The lowest BCUT2D eigenvalue weighted by atomic mass is 10.0.